The molecule has 2 aromatic carbocycles. The van der Waals surface area contributed by atoms with Crippen LogP contribution in [0.25, 0.3) is 0 Å². The number of hydrogen-bond acceptors (Lipinski definition) is 3. The number of nitrogens with one attached hydrogen (secondary N) is 2. The van der Waals surface area contributed by atoms with Crippen molar-refractivity contribution in [3.63, 3.8) is 0 Å². The maximum atomic E-state index is 13.2. The molecule has 3 rings (SSSR count). The molecule has 1 saturated heterocycles. The van der Waals surface area contributed by atoms with Crippen molar-refractivity contribution < 1.29 is 17.6 Å². The fourth-order valence-corrected chi connectivity index (χ4v) is 3.84. The van der Waals surface area contributed by atoms with Gasteiger partial charge in [0.1, 0.15) is 5.82 Å². The molecule has 2 N–H and O–H groups in total. The molecule has 0 radical (unpaired) electrons. The van der Waals surface area contributed by atoms with Gasteiger partial charge in [0.05, 0.1) is 15.6 Å². The van der Waals surface area contributed by atoms with E-state index in [2.05, 4.69) is 10.0 Å². The van der Waals surface area contributed by atoms with Crippen molar-refractivity contribution in [2.45, 2.75) is 17.7 Å². The van der Waals surface area contributed by atoms with Gasteiger partial charge in [-0.05, 0) is 55.3 Å². The van der Waals surface area contributed by atoms with E-state index in [0.29, 0.717) is 5.69 Å². The van der Waals surface area contributed by atoms with Gasteiger partial charge >= 0.3 is 6.03 Å². The number of carbonyl (C=O) groups excluding carboxylic acids is 1. The topological polar surface area (TPSA) is 78.5 Å². The fraction of sp³-hybridized carbons (Fsp3) is 0.235. The molecule has 1 fully saturated rings. The van der Waals surface area contributed by atoms with Crippen molar-refractivity contribution in [2.75, 3.05) is 23.1 Å². The highest BCUT2D eigenvalue weighted by molar-refractivity contribution is 7.92. The summed E-state index contributed by atoms with van der Waals surface area (Å²) < 4.78 is 40.3. The molecule has 1 heterocycles. The molecule has 1 aliphatic heterocycles. The summed E-state index contributed by atoms with van der Waals surface area (Å²) >= 11 is 5.66. The lowest BCUT2D eigenvalue weighted by Crippen LogP contribution is -2.32. The Morgan fingerprint density at radius 2 is 1.65 bits per heavy atom. The van der Waals surface area contributed by atoms with E-state index in [1.807, 2.05) is 0 Å². The highest BCUT2D eigenvalue weighted by Crippen LogP contribution is 2.23. The van der Waals surface area contributed by atoms with Gasteiger partial charge in [-0.2, -0.15) is 0 Å². The van der Waals surface area contributed by atoms with Crippen LogP contribution < -0.4 is 10.0 Å². The number of hydrogen-bond donors (Lipinski definition) is 2. The molecule has 0 atom stereocenters. The lowest BCUT2D eigenvalue weighted by atomic mass is 10.3. The van der Waals surface area contributed by atoms with Crippen LogP contribution in [0.4, 0.5) is 20.6 Å². The SMILES string of the molecule is O=C(Nc1ccc(S(=O)(=O)Nc2ccc(F)c(Cl)c2)cc1)N1CCCC1. The van der Waals surface area contributed by atoms with Gasteiger partial charge < -0.3 is 10.2 Å². The average molecular weight is 398 g/mol. The summed E-state index contributed by atoms with van der Waals surface area (Å²) in [5.41, 5.74) is 0.661. The molecule has 26 heavy (non-hydrogen) atoms. The number of benzene rings is 2. The first-order valence-corrected chi connectivity index (χ1v) is 9.85. The van der Waals surface area contributed by atoms with E-state index in [1.165, 1.54) is 36.4 Å². The highest BCUT2D eigenvalue weighted by Gasteiger charge is 2.19. The van der Waals surface area contributed by atoms with Crippen molar-refractivity contribution in [2.24, 2.45) is 0 Å². The average Bonchev–Trinajstić information content (AvgIpc) is 3.13. The Bertz CT molecular complexity index is 913. The number of carbonyl (C=O) groups is 1. The first-order chi connectivity index (χ1) is 12.3. The molecule has 0 aliphatic carbocycles. The lowest BCUT2D eigenvalue weighted by molar-refractivity contribution is 0.222. The maximum absolute atomic E-state index is 13.2. The molecule has 138 valence electrons. The van der Waals surface area contributed by atoms with Crippen LogP contribution in [0.15, 0.2) is 47.4 Å². The Morgan fingerprint density at radius 1 is 1.04 bits per heavy atom. The summed E-state index contributed by atoms with van der Waals surface area (Å²) in [5, 5.41) is 2.56. The molecule has 0 aromatic heterocycles. The molecule has 9 heteroatoms. The summed E-state index contributed by atoms with van der Waals surface area (Å²) in [6.07, 6.45) is 1.98. The van der Waals surface area contributed by atoms with Crippen LogP contribution in [0.3, 0.4) is 0 Å². The van der Waals surface area contributed by atoms with E-state index < -0.39 is 15.8 Å². The largest absolute Gasteiger partial charge is 0.325 e. The predicted octanol–water partition coefficient (Wildman–Crippen LogP) is 3.91. The van der Waals surface area contributed by atoms with E-state index in [4.69, 9.17) is 11.6 Å². The van der Waals surface area contributed by atoms with Gasteiger partial charge in [0, 0.05) is 18.8 Å². The number of nitrogens with zero attached hydrogens (tertiary/aromatic N) is 1. The number of amides is 2. The molecule has 0 bridgehead atoms. The van der Waals surface area contributed by atoms with Gasteiger partial charge in [0.15, 0.2) is 0 Å². The number of halogens is 2. The Hall–Kier alpha value is -2.32. The smallest absolute Gasteiger partial charge is 0.321 e. The van der Waals surface area contributed by atoms with Crippen molar-refractivity contribution in [1.29, 1.82) is 0 Å². The normalized spacial score (nSPS) is 14.3. The van der Waals surface area contributed by atoms with Crippen LogP contribution >= 0.6 is 11.6 Å². The molecule has 0 unspecified atom stereocenters. The zero-order chi connectivity index (χ0) is 18.7. The molecule has 1 aliphatic rings. The Labute approximate surface area is 156 Å². The standard InChI is InChI=1S/C17H17ClFN3O3S/c18-15-11-13(5-8-16(15)19)21-26(24,25)14-6-3-12(4-7-14)20-17(23)22-9-1-2-10-22/h3-8,11,21H,1-2,9-10H2,(H,20,23). The van der Waals surface area contributed by atoms with Crippen LogP contribution in [0.5, 0.6) is 0 Å². The third-order valence-corrected chi connectivity index (χ3v) is 5.67. The van der Waals surface area contributed by atoms with E-state index in [-0.39, 0.29) is 21.6 Å². The molecule has 0 saturated carbocycles. The molecule has 2 amide bonds. The zero-order valence-corrected chi connectivity index (χ0v) is 15.3. The van der Waals surface area contributed by atoms with Crippen LogP contribution in [0.2, 0.25) is 5.02 Å². The predicted molar refractivity (Wildman–Crippen MR) is 98.5 cm³/mol. The minimum Gasteiger partial charge on any atom is -0.325 e. The van der Waals surface area contributed by atoms with Crippen LogP contribution in [-0.2, 0) is 10.0 Å². The zero-order valence-electron chi connectivity index (χ0n) is 13.7. The van der Waals surface area contributed by atoms with E-state index >= 15 is 0 Å². The molecule has 0 spiro atoms. The minimum atomic E-state index is -3.86. The quantitative estimate of drug-likeness (QED) is 0.821. The lowest BCUT2D eigenvalue weighted by Gasteiger charge is -2.16. The van der Waals surface area contributed by atoms with Crippen LogP contribution in [0, 0.1) is 5.82 Å². The number of likely N-dealkylation sites (tertiary alicyclic amines) is 1. The van der Waals surface area contributed by atoms with Crippen molar-refractivity contribution in [1.82, 2.24) is 4.90 Å². The van der Waals surface area contributed by atoms with Gasteiger partial charge in [0.2, 0.25) is 0 Å². The van der Waals surface area contributed by atoms with Crippen molar-refractivity contribution in [3.05, 3.63) is 53.3 Å². The van der Waals surface area contributed by atoms with Crippen LogP contribution in [0.1, 0.15) is 12.8 Å². The Morgan fingerprint density at radius 3 is 2.27 bits per heavy atom. The third-order valence-electron chi connectivity index (χ3n) is 3.98. The van der Waals surface area contributed by atoms with Crippen molar-refractivity contribution >= 4 is 39.0 Å². The summed E-state index contributed by atoms with van der Waals surface area (Å²) in [6.45, 7) is 1.45. The Balaban J connectivity index is 1.70. The van der Waals surface area contributed by atoms with Gasteiger partial charge in [-0.3, -0.25) is 4.72 Å². The summed E-state index contributed by atoms with van der Waals surface area (Å²) in [7, 11) is -3.86. The van der Waals surface area contributed by atoms with Gasteiger partial charge in [-0.1, -0.05) is 11.6 Å². The third kappa shape index (κ3) is 4.25. The number of sulfonamides is 1. The highest BCUT2D eigenvalue weighted by atomic mass is 35.5. The summed E-state index contributed by atoms with van der Waals surface area (Å²) in [5.74, 6) is -0.632. The second-order valence-electron chi connectivity index (χ2n) is 5.88. The fourth-order valence-electron chi connectivity index (χ4n) is 2.61. The number of rotatable bonds is 4. The second-order valence-corrected chi connectivity index (χ2v) is 7.97. The van der Waals surface area contributed by atoms with Gasteiger partial charge in [-0.15, -0.1) is 0 Å². The monoisotopic (exact) mass is 397 g/mol. The first kappa shape index (κ1) is 18.5. The van der Waals surface area contributed by atoms with Crippen molar-refractivity contribution in [3.8, 4) is 0 Å². The van der Waals surface area contributed by atoms with E-state index in [0.717, 1.165) is 32.0 Å². The maximum Gasteiger partial charge on any atom is 0.321 e. The number of urea groups is 1. The molecular weight excluding hydrogens is 381 g/mol. The van der Waals surface area contributed by atoms with Gasteiger partial charge in [0.25, 0.3) is 10.0 Å². The first-order valence-electron chi connectivity index (χ1n) is 7.99. The summed E-state index contributed by atoms with van der Waals surface area (Å²) in [6, 6.07) is 9.15. The second kappa shape index (κ2) is 7.51. The number of anilines is 2. The van der Waals surface area contributed by atoms with E-state index in [1.54, 1.807) is 4.90 Å². The van der Waals surface area contributed by atoms with E-state index in [9.17, 15) is 17.6 Å². The minimum absolute atomic E-state index is 0.0112. The Kier molecular flexibility index (Phi) is 5.33. The summed E-state index contributed by atoms with van der Waals surface area (Å²) in [4.78, 5) is 13.8. The molecular formula is C17H17ClFN3O3S. The van der Waals surface area contributed by atoms with Gasteiger partial charge in [-0.25, -0.2) is 17.6 Å². The van der Waals surface area contributed by atoms with Crippen LogP contribution in [-0.4, -0.2) is 32.4 Å². The molecule has 6 nitrogen and oxygen atoms in total. The molecule has 2 aromatic rings.